The van der Waals surface area contributed by atoms with E-state index in [4.69, 9.17) is 10.8 Å². The van der Waals surface area contributed by atoms with Gasteiger partial charge in [0.15, 0.2) is 23.3 Å². The SMILES string of the molecule is NC(CO)Cc1c[nH]c2c(F)c(F)c(F)c(F)c12. The molecule has 0 spiro atoms. The van der Waals surface area contributed by atoms with Crippen molar-refractivity contribution in [2.45, 2.75) is 12.5 Å². The maximum atomic E-state index is 13.6. The Balaban J connectivity index is 2.65. The first-order valence-corrected chi connectivity index (χ1v) is 5.15. The molecule has 3 nitrogen and oxygen atoms in total. The number of halogens is 4. The lowest BCUT2D eigenvalue weighted by Gasteiger charge is -2.07. The summed E-state index contributed by atoms with van der Waals surface area (Å²) in [6.07, 6.45) is 1.23. The Morgan fingerprint density at radius 1 is 1.11 bits per heavy atom. The Morgan fingerprint density at radius 2 is 1.72 bits per heavy atom. The molecule has 1 unspecified atom stereocenters. The second kappa shape index (κ2) is 4.58. The zero-order valence-electron chi connectivity index (χ0n) is 9.11. The minimum Gasteiger partial charge on any atom is -0.395 e. The van der Waals surface area contributed by atoms with Gasteiger partial charge in [-0.25, -0.2) is 17.6 Å². The van der Waals surface area contributed by atoms with Crippen molar-refractivity contribution in [1.82, 2.24) is 4.98 Å². The summed E-state index contributed by atoms with van der Waals surface area (Å²) >= 11 is 0. The van der Waals surface area contributed by atoms with Gasteiger partial charge in [0.1, 0.15) is 0 Å². The largest absolute Gasteiger partial charge is 0.395 e. The highest BCUT2D eigenvalue weighted by atomic mass is 19.2. The zero-order chi connectivity index (χ0) is 13.4. The highest BCUT2D eigenvalue weighted by Crippen LogP contribution is 2.29. The third kappa shape index (κ3) is 1.85. The summed E-state index contributed by atoms with van der Waals surface area (Å²) in [5, 5.41) is 8.41. The van der Waals surface area contributed by atoms with E-state index in [1.165, 1.54) is 6.20 Å². The lowest BCUT2D eigenvalue weighted by atomic mass is 10.1. The van der Waals surface area contributed by atoms with Crippen LogP contribution in [0.4, 0.5) is 17.6 Å². The van der Waals surface area contributed by atoms with Crippen LogP contribution in [0, 0.1) is 23.3 Å². The highest BCUT2D eigenvalue weighted by molar-refractivity contribution is 5.84. The molecular weight excluding hydrogens is 252 g/mol. The lowest BCUT2D eigenvalue weighted by molar-refractivity contribution is 0.265. The molecule has 4 N–H and O–H groups in total. The van der Waals surface area contributed by atoms with E-state index in [1.54, 1.807) is 0 Å². The van der Waals surface area contributed by atoms with Gasteiger partial charge in [-0.2, -0.15) is 0 Å². The van der Waals surface area contributed by atoms with Gasteiger partial charge in [0, 0.05) is 17.6 Å². The number of aliphatic hydroxyl groups excluding tert-OH is 1. The van der Waals surface area contributed by atoms with Crippen LogP contribution in [0.2, 0.25) is 0 Å². The van der Waals surface area contributed by atoms with E-state index >= 15 is 0 Å². The van der Waals surface area contributed by atoms with Crippen LogP contribution in [0.5, 0.6) is 0 Å². The summed E-state index contributed by atoms with van der Waals surface area (Å²) in [4.78, 5) is 2.34. The molecule has 0 saturated heterocycles. The minimum atomic E-state index is -1.86. The maximum Gasteiger partial charge on any atom is 0.199 e. The first kappa shape index (κ1) is 12.8. The number of aliphatic hydroxyl groups is 1. The fourth-order valence-electron chi connectivity index (χ4n) is 1.81. The molecule has 0 aliphatic carbocycles. The molecule has 7 heteroatoms. The second-order valence-corrected chi connectivity index (χ2v) is 3.97. The molecular formula is C11H10F4N2O. The standard InChI is InChI=1S/C11H10F4N2O/c12-7-6-4(1-5(16)3-18)2-17-11(6)10(15)9(14)8(7)13/h2,5,17-18H,1,3,16H2. The normalized spacial score (nSPS) is 13.2. The smallest absolute Gasteiger partial charge is 0.199 e. The van der Waals surface area contributed by atoms with Crippen LogP contribution in [0.15, 0.2) is 6.20 Å². The van der Waals surface area contributed by atoms with E-state index in [0.29, 0.717) is 0 Å². The summed E-state index contributed by atoms with van der Waals surface area (Å²) in [6.45, 7) is -0.361. The van der Waals surface area contributed by atoms with E-state index < -0.39 is 34.8 Å². The van der Waals surface area contributed by atoms with Crippen LogP contribution in [0.25, 0.3) is 10.9 Å². The third-order valence-electron chi connectivity index (χ3n) is 2.70. The van der Waals surface area contributed by atoms with Crippen LogP contribution >= 0.6 is 0 Å². The van der Waals surface area contributed by atoms with E-state index in [0.717, 1.165) is 0 Å². The van der Waals surface area contributed by atoms with Crippen LogP contribution < -0.4 is 5.73 Å². The molecule has 2 rings (SSSR count). The summed E-state index contributed by atoms with van der Waals surface area (Å²) in [5.41, 5.74) is 5.19. The molecule has 0 aliphatic heterocycles. The van der Waals surface area contributed by atoms with Gasteiger partial charge >= 0.3 is 0 Å². The van der Waals surface area contributed by atoms with Gasteiger partial charge in [0.2, 0.25) is 0 Å². The number of nitrogens with two attached hydrogens (primary N) is 1. The van der Waals surface area contributed by atoms with E-state index in [1.807, 2.05) is 0 Å². The second-order valence-electron chi connectivity index (χ2n) is 3.97. The maximum absolute atomic E-state index is 13.6. The summed E-state index contributed by atoms with van der Waals surface area (Å²) < 4.78 is 53.1. The number of rotatable bonds is 3. The molecule has 2 aromatic rings. The molecule has 1 aromatic carbocycles. The van der Waals surface area contributed by atoms with Gasteiger partial charge in [-0.05, 0) is 12.0 Å². The number of hydrogen-bond donors (Lipinski definition) is 3. The summed E-state index contributed by atoms with van der Waals surface area (Å²) in [6, 6.07) is -0.695. The van der Waals surface area contributed by atoms with E-state index in [2.05, 4.69) is 4.98 Å². The minimum absolute atomic E-state index is 0.0118. The predicted molar refractivity (Wildman–Crippen MR) is 56.9 cm³/mol. The molecule has 1 atom stereocenters. The van der Waals surface area contributed by atoms with Crippen LogP contribution in [0.3, 0.4) is 0 Å². The number of aromatic nitrogens is 1. The average molecular weight is 262 g/mol. The van der Waals surface area contributed by atoms with Gasteiger partial charge in [-0.1, -0.05) is 0 Å². The molecule has 0 bridgehead atoms. The van der Waals surface area contributed by atoms with Crippen molar-refractivity contribution in [2.75, 3.05) is 6.61 Å². The molecule has 0 amide bonds. The molecule has 0 saturated carbocycles. The predicted octanol–water partition coefficient (Wildman–Crippen LogP) is 1.59. The first-order valence-electron chi connectivity index (χ1n) is 5.15. The molecule has 0 fully saturated rings. The van der Waals surface area contributed by atoms with Crippen molar-refractivity contribution in [1.29, 1.82) is 0 Å². The van der Waals surface area contributed by atoms with Crippen LogP contribution in [0.1, 0.15) is 5.56 Å². The fourth-order valence-corrected chi connectivity index (χ4v) is 1.81. The molecule has 0 radical (unpaired) electrons. The van der Waals surface area contributed by atoms with Crippen molar-refractivity contribution < 1.29 is 22.7 Å². The van der Waals surface area contributed by atoms with Crippen molar-refractivity contribution in [2.24, 2.45) is 5.73 Å². The highest BCUT2D eigenvalue weighted by Gasteiger charge is 2.24. The van der Waals surface area contributed by atoms with Gasteiger partial charge in [0.05, 0.1) is 12.1 Å². The number of benzene rings is 1. The van der Waals surface area contributed by atoms with Crippen LogP contribution in [-0.4, -0.2) is 22.7 Å². The summed E-state index contributed by atoms with van der Waals surface area (Å²) in [5.74, 6) is -6.67. The van der Waals surface area contributed by atoms with E-state index in [9.17, 15) is 17.6 Å². The van der Waals surface area contributed by atoms with E-state index in [-0.39, 0.29) is 24.0 Å². The van der Waals surface area contributed by atoms with Crippen molar-refractivity contribution in [3.8, 4) is 0 Å². The number of nitrogens with one attached hydrogen (secondary N) is 1. The monoisotopic (exact) mass is 262 g/mol. The first-order chi connectivity index (χ1) is 8.47. The van der Waals surface area contributed by atoms with Crippen molar-refractivity contribution in [3.63, 3.8) is 0 Å². The average Bonchev–Trinajstić information content (AvgIpc) is 2.77. The summed E-state index contributed by atoms with van der Waals surface area (Å²) in [7, 11) is 0. The molecule has 0 aliphatic rings. The number of hydrogen-bond acceptors (Lipinski definition) is 2. The Kier molecular flexibility index (Phi) is 3.27. The fraction of sp³-hybridized carbons (Fsp3) is 0.273. The number of fused-ring (bicyclic) bond motifs is 1. The Hall–Kier alpha value is -1.60. The van der Waals surface area contributed by atoms with Gasteiger partial charge < -0.3 is 15.8 Å². The Bertz CT molecular complexity index is 596. The van der Waals surface area contributed by atoms with Gasteiger partial charge in [0.25, 0.3) is 0 Å². The van der Waals surface area contributed by atoms with Gasteiger partial charge in [-0.15, -0.1) is 0 Å². The van der Waals surface area contributed by atoms with Crippen LogP contribution in [-0.2, 0) is 6.42 Å². The molecule has 1 aromatic heterocycles. The Labute approximate surface area is 99.2 Å². The van der Waals surface area contributed by atoms with Crippen molar-refractivity contribution >= 4 is 10.9 Å². The number of aromatic amines is 1. The third-order valence-corrected chi connectivity index (χ3v) is 2.70. The quantitative estimate of drug-likeness (QED) is 0.447. The molecule has 1 heterocycles. The Morgan fingerprint density at radius 3 is 2.33 bits per heavy atom. The van der Waals surface area contributed by atoms with Crippen molar-refractivity contribution in [3.05, 3.63) is 35.0 Å². The molecule has 18 heavy (non-hydrogen) atoms. The zero-order valence-corrected chi connectivity index (χ0v) is 9.11. The topological polar surface area (TPSA) is 62.0 Å². The lowest BCUT2D eigenvalue weighted by Crippen LogP contribution is -2.26. The molecule has 98 valence electrons. The van der Waals surface area contributed by atoms with Gasteiger partial charge in [-0.3, -0.25) is 0 Å². The number of H-pyrrole nitrogens is 1.